The minimum Gasteiger partial charge on any atom is -0.497 e. The van der Waals surface area contributed by atoms with E-state index in [0.29, 0.717) is 29.3 Å². The van der Waals surface area contributed by atoms with Crippen LogP contribution in [0.1, 0.15) is 30.1 Å². The first-order chi connectivity index (χ1) is 15.0. The summed E-state index contributed by atoms with van der Waals surface area (Å²) in [5.74, 6) is 0.328. The van der Waals surface area contributed by atoms with E-state index >= 15 is 0 Å². The minimum atomic E-state index is -0.400. The zero-order chi connectivity index (χ0) is 22.6. The second-order valence-electron chi connectivity index (χ2n) is 6.86. The molecule has 0 fully saturated rings. The Balaban J connectivity index is 1.89. The summed E-state index contributed by atoms with van der Waals surface area (Å²) >= 11 is 0. The summed E-state index contributed by atoms with van der Waals surface area (Å²) in [5.41, 5.74) is 1.07. The molecular weight excluding hydrogens is 398 g/mol. The maximum absolute atomic E-state index is 12.8. The Morgan fingerprint density at radius 3 is 2.00 bits per heavy atom. The highest BCUT2D eigenvalue weighted by atomic mass is 16.5. The van der Waals surface area contributed by atoms with Gasteiger partial charge in [0.1, 0.15) is 11.5 Å². The molecular formula is C23H29N3O5. The topological polar surface area (TPSA) is 97.0 Å². The van der Waals surface area contributed by atoms with E-state index in [1.807, 2.05) is 6.92 Å². The molecule has 0 bridgehead atoms. The Labute approximate surface area is 182 Å². The fourth-order valence-corrected chi connectivity index (χ4v) is 2.81. The molecule has 0 atom stereocenters. The van der Waals surface area contributed by atoms with Crippen LogP contribution in [-0.2, 0) is 9.59 Å². The number of carbonyl (C=O) groups is 3. The largest absolute Gasteiger partial charge is 0.497 e. The fraction of sp³-hybridized carbons (Fsp3) is 0.348. The van der Waals surface area contributed by atoms with Crippen LogP contribution >= 0.6 is 0 Å². The molecule has 8 heteroatoms. The third kappa shape index (κ3) is 7.65. The lowest BCUT2D eigenvalue weighted by molar-refractivity contribution is -0.124. The molecule has 166 valence electrons. The van der Waals surface area contributed by atoms with Crippen LogP contribution in [0.25, 0.3) is 0 Å². The fourth-order valence-electron chi connectivity index (χ4n) is 2.81. The number of unbranched alkanes of at least 4 members (excludes halogenated alkanes) is 1. The maximum atomic E-state index is 12.8. The number of benzene rings is 2. The summed E-state index contributed by atoms with van der Waals surface area (Å²) in [6.45, 7) is 2.15. The van der Waals surface area contributed by atoms with E-state index in [2.05, 4.69) is 10.6 Å². The molecule has 0 aliphatic carbocycles. The molecule has 0 aliphatic rings. The first-order valence-corrected chi connectivity index (χ1v) is 10.1. The molecule has 31 heavy (non-hydrogen) atoms. The molecule has 2 aromatic carbocycles. The predicted octanol–water partition coefficient (Wildman–Crippen LogP) is 2.70. The van der Waals surface area contributed by atoms with Gasteiger partial charge in [-0.2, -0.15) is 0 Å². The van der Waals surface area contributed by atoms with Crippen molar-refractivity contribution in [2.24, 2.45) is 0 Å². The van der Waals surface area contributed by atoms with Gasteiger partial charge < -0.3 is 25.0 Å². The van der Waals surface area contributed by atoms with Crippen molar-refractivity contribution in [2.45, 2.75) is 19.8 Å². The van der Waals surface area contributed by atoms with Crippen LogP contribution in [0.4, 0.5) is 5.69 Å². The number of hydrogen-bond acceptors (Lipinski definition) is 5. The summed E-state index contributed by atoms with van der Waals surface area (Å²) in [5, 5.41) is 5.26. The van der Waals surface area contributed by atoms with Crippen molar-refractivity contribution in [3.05, 3.63) is 54.1 Å². The predicted molar refractivity (Wildman–Crippen MR) is 118 cm³/mol. The molecule has 2 N–H and O–H groups in total. The van der Waals surface area contributed by atoms with E-state index in [0.717, 1.165) is 12.8 Å². The highest BCUT2D eigenvalue weighted by molar-refractivity contribution is 5.98. The minimum absolute atomic E-state index is 0.124. The highest BCUT2D eigenvalue weighted by Crippen LogP contribution is 2.15. The second kappa shape index (κ2) is 12.2. The summed E-state index contributed by atoms with van der Waals surface area (Å²) in [7, 11) is 3.12. The molecule has 0 saturated heterocycles. The SMILES string of the molecule is CCCCN(CC(=O)NCC(=O)Nc1ccc(OC)cc1)C(=O)c1ccc(OC)cc1. The molecule has 3 amide bonds. The molecule has 0 heterocycles. The molecule has 0 radical (unpaired) electrons. The number of methoxy groups -OCH3 is 2. The molecule has 0 saturated carbocycles. The van der Waals surface area contributed by atoms with Crippen molar-refractivity contribution in [2.75, 3.05) is 39.2 Å². The van der Waals surface area contributed by atoms with E-state index < -0.39 is 5.91 Å². The van der Waals surface area contributed by atoms with E-state index in [4.69, 9.17) is 9.47 Å². The van der Waals surface area contributed by atoms with Gasteiger partial charge in [-0.15, -0.1) is 0 Å². The first kappa shape index (κ1) is 23.7. The van der Waals surface area contributed by atoms with Gasteiger partial charge in [0.15, 0.2) is 0 Å². The second-order valence-corrected chi connectivity index (χ2v) is 6.86. The number of hydrogen-bond donors (Lipinski definition) is 2. The molecule has 0 spiro atoms. The van der Waals surface area contributed by atoms with Crippen LogP contribution < -0.4 is 20.1 Å². The van der Waals surface area contributed by atoms with Crippen molar-refractivity contribution in [1.82, 2.24) is 10.2 Å². The van der Waals surface area contributed by atoms with E-state index in [-0.39, 0.29) is 24.9 Å². The smallest absolute Gasteiger partial charge is 0.254 e. The van der Waals surface area contributed by atoms with Crippen LogP contribution in [0.2, 0.25) is 0 Å². The number of carbonyl (C=O) groups excluding carboxylic acids is 3. The van der Waals surface area contributed by atoms with Gasteiger partial charge in [0.05, 0.1) is 27.3 Å². The van der Waals surface area contributed by atoms with Crippen LogP contribution in [0.3, 0.4) is 0 Å². The molecule has 0 aromatic heterocycles. The third-order valence-electron chi connectivity index (χ3n) is 4.56. The van der Waals surface area contributed by atoms with E-state index in [9.17, 15) is 14.4 Å². The lowest BCUT2D eigenvalue weighted by Gasteiger charge is -2.22. The van der Waals surface area contributed by atoms with Crippen LogP contribution in [-0.4, -0.2) is 56.5 Å². The summed E-state index contributed by atoms with van der Waals surface area (Å²) in [4.78, 5) is 38.8. The Hall–Kier alpha value is -3.55. The Bertz CT molecular complexity index is 866. The van der Waals surface area contributed by atoms with Gasteiger partial charge in [0.2, 0.25) is 11.8 Å². The molecule has 2 rings (SSSR count). The average Bonchev–Trinajstić information content (AvgIpc) is 2.80. The van der Waals surface area contributed by atoms with Crippen LogP contribution in [0.15, 0.2) is 48.5 Å². The van der Waals surface area contributed by atoms with Gasteiger partial charge in [-0.05, 0) is 55.0 Å². The summed E-state index contributed by atoms with van der Waals surface area (Å²) in [6, 6.07) is 13.6. The van der Waals surface area contributed by atoms with Gasteiger partial charge in [-0.1, -0.05) is 13.3 Å². The van der Waals surface area contributed by atoms with Crippen molar-refractivity contribution in [3.8, 4) is 11.5 Å². The standard InChI is InChI=1S/C23H29N3O5/c1-4-5-14-26(23(29)17-6-10-19(30-2)11-7-17)16-22(28)24-15-21(27)25-18-8-12-20(31-3)13-9-18/h6-13H,4-5,14-16H2,1-3H3,(H,24,28)(H,25,27). The Morgan fingerprint density at radius 1 is 0.871 bits per heavy atom. The Morgan fingerprint density at radius 2 is 1.45 bits per heavy atom. The Kier molecular flexibility index (Phi) is 9.35. The number of rotatable bonds is 11. The lowest BCUT2D eigenvalue weighted by Crippen LogP contribution is -2.43. The van der Waals surface area contributed by atoms with Crippen molar-refractivity contribution in [3.63, 3.8) is 0 Å². The van der Waals surface area contributed by atoms with Gasteiger partial charge >= 0.3 is 0 Å². The molecule has 8 nitrogen and oxygen atoms in total. The number of nitrogens with zero attached hydrogens (tertiary/aromatic N) is 1. The zero-order valence-corrected chi connectivity index (χ0v) is 18.1. The summed E-state index contributed by atoms with van der Waals surface area (Å²) in [6.07, 6.45) is 1.66. The number of amides is 3. The van der Waals surface area contributed by atoms with Crippen LogP contribution in [0.5, 0.6) is 11.5 Å². The maximum Gasteiger partial charge on any atom is 0.254 e. The number of anilines is 1. The molecule has 0 unspecified atom stereocenters. The number of nitrogens with one attached hydrogen (secondary N) is 2. The van der Waals surface area contributed by atoms with Crippen LogP contribution in [0, 0.1) is 0 Å². The quantitative estimate of drug-likeness (QED) is 0.575. The molecule has 0 aliphatic heterocycles. The first-order valence-electron chi connectivity index (χ1n) is 10.1. The van der Waals surface area contributed by atoms with Crippen molar-refractivity contribution in [1.29, 1.82) is 0 Å². The van der Waals surface area contributed by atoms with E-state index in [1.165, 1.54) is 4.90 Å². The summed E-state index contributed by atoms with van der Waals surface area (Å²) < 4.78 is 10.2. The third-order valence-corrected chi connectivity index (χ3v) is 4.56. The lowest BCUT2D eigenvalue weighted by atomic mass is 10.1. The van der Waals surface area contributed by atoms with E-state index in [1.54, 1.807) is 62.8 Å². The molecule has 2 aromatic rings. The van der Waals surface area contributed by atoms with Gasteiger partial charge in [0.25, 0.3) is 5.91 Å². The number of ether oxygens (including phenoxy) is 2. The monoisotopic (exact) mass is 427 g/mol. The highest BCUT2D eigenvalue weighted by Gasteiger charge is 2.19. The average molecular weight is 428 g/mol. The van der Waals surface area contributed by atoms with Gasteiger partial charge in [-0.3, -0.25) is 14.4 Å². The zero-order valence-electron chi connectivity index (χ0n) is 18.1. The van der Waals surface area contributed by atoms with Crippen molar-refractivity contribution < 1.29 is 23.9 Å². The van der Waals surface area contributed by atoms with Crippen molar-refractivity contribution >= 4 is 23.4 Å². The van der Waals surface area contributed by atoms with Gasteiger partial charge in [0, 0.05) is 17.8 Å². The normalized spacial score (nSPS) is 10.2. The van der Waals surface area contributed by atoms with Gasteiger partial charge in [-0.25, -0.2) is 0 Å².